The van der Waals surface area contributed by atoms with Crippen LogP contribution in [0.3, 0.4) is 0 Å². The Kier molecular flexibility index (Phi) is 7.89. The summed E-state index contributed by atoms with van der Waals surface area (Å²) in [5.41, 5.74) is -2.06. The van der Waals surface area contributed by atoms with Crippen LogP contribution in [0.1, 0.15) is 63.3 Å². The number of ether oxygens (including phenoxy) is 2. The third kappa shape index (κ3) is 6.18. The molecule has 1 saturated heterocycles. The maximum Gasteiger partial charge on any atom is 0.416 e. The van der Waals surface area contributed by atoms with E-state index >= 15 is 0 Å². The van der Waals surface area contributed by atoms with Gasteiger partial charge in [-0.05, 0) is 58.2 Å². The molecule has 1 heterocycles. The monoisotopic (exact) mass is 555 g/mol. The molecule has 0 saturated carbocycles. The summed E-state index contributed by atoms with van der Waals surface area (Å²) in [5, 5.41) is 0. The number of hydrogen-bond acceptors (Lipinski definition) is 4. The van der Waals surface area contributed by atoms with E-state index in [0.29, 0.717) is 5.56 Å². The summed E-state index contributed by atoms with van der Waals surface area (Å²) in [7, 11) is 0. The summed E-state index contributed by atoms with van der Waals surface area (Å²) in [6.45, 7) is 7.25. The summed E-state index contributed by atoms with van der Waals surface area (Å²) in [5.74, 6) is -0.621. The fraction of sp³-hybridized carbons (Fsp3) is 0.462. The van der Waals surface area contributed by atoms with E-state index in [9.17, 15) is 22.8 Å². The number of nitrogens with zero attached hydrogens (tertiary/aromatic N) is 1. The highest BCUT2D eigenvalue weighted by atomic mass is 79.9. The van der Waals surface area contributed by atoms with E-state index in [0.717, 1.165) is 6.07 Å². The van der Waals surface area contributed by atoms with Crippen LogP contribution in [-0.4, -0.2) is 35.7 Å². The van der Waals surface area contributed by atoms with Gasteiger partial charge in [0.2, 0.25) is 0 Å². The first-order chi connectivity index (χ1) is 16.2. The van der Waals surface area contributed by atoms with Crippen molar-refractivity contribution in [1.82, 2.24) is 4.90 Å². The van der Waals surface area contributed by atoms with Gasteiger partial charge in [-0.1, -0.05) is 52.3 Å². The van der Waals surface area contributed by atoms with E-state index in [2.05, 4.69) is 15.9 Å². The van der Waals surface area contributed by atoms with Crippen molar-refractivity contribution in [2.24, 2.45) is 0 Å². The van der Waals surface area contributed by atoms with Gasteiger partial charge in [0.05, 0.1) is 11.0 Å². The normalized spacial score (nSPS) is 17.0. The number of esters is 1. The molecule has 0 aliphatic carbocycles. The number of hydrogen-bond donors (Lipinski definition) is 0. The zero-order valence-corrected chi connectivity index (χ0v) is 21.7. The Labute approximate surface area is 211 Å². The molecule has 0 unspecified atom stereocenters. The maximum atomic E-state index is 13.6. The van der Waals surface area contributed by atoms with E-state index < -0.39 is 40.9 Å². The zero-order valence-electron chi connectivity index (χ0n) is 20.1. The van der Waals surface area contributed by atoms with E-state index in [4.69, 9.17) is 9.47 Å². The van der Waals surface area contributed by atoms with E-state index in [1.807, 2.05) is 6.07 Å². The highest BCUT2D eigenvalue weighted by Gasteiger charge is 2.47. The molecule has 1 aliphatic rings. The molecular weight excluding hydrogens is 527 g/mol. The molecule has 0 radical (unpaired) electrons. The second-order valence-corrected chi connectivity index (χ2v) is 10.5. The molecule has 1 amide bonds. The van der Waals surface area contributed by atoms with Crippen LogP contribution >= 0.6 is 15.9 Å². The maximum absolute atomic E-state index is 13.6. The van der Waals surface area contributed by atoms with Gasteiger partial charge in [-0.3, -0.25) is 4.79 Å². The van der Waals surface area contributed by atoms with Gasteiger partial charge in [0.15, 0.2) is 0 Å². The number of halogens is 4. The Hall–Kier alpha value is -2.55. The first kappa shape index (κ1) is 27.0. The lowest BCUT2D eigenvalue weighted by Crippen LogP contribution is -2.50. The molecule has 35 heavy (non-hydrogen) atoms. The third-order valence-electron chi connectivity index (χ3n) is 6.03. The van der Waals surface area contributed by atoms with Crippen LogP contribution in [0.4, 0.5) is 18.0 Å². The lowest BCUT2D eigenvalue weighted by atomic mass is 9.72. The Balaban J connectivity index is 1.88. The van der Waals surface area contributed by atoms with Crippen LogP contribution in [-0.2, 0) is 25.9 Å². The third-order valence-corrected chi connectivity index (χ3v) is 6.73. The van der Waals surface area contributed by atoms with Crippen molar-refractivity contribution in [2.45, 2.75) is 63.8 Å². The lowest BCUT2D eigenvalue weighted by molar-refractivity contribution is -0.160. The Morgan fingerprint density at radius 3 is 2.14 bits per heavy atom. The molecule has 190 valence electrons. The molecule has 0 spiro atoms. The number of rotatable bonds is 4. The molecule has 0 bridgehead atoms. The molecular formula is C26H29BrF3NO4. The first-order valence-electron chi connectivity index (χ1n) is 11.3. The van der Waals surface area contributed by atoms with Crippen molar-refractivity contribution in [2.75, 3.05) is 13.1 Å². The van der Waals surface area contributed by atoms with Crippen LogP contribution < -0.4 is 0 Å². The quantitative estimate of drug-likeness (QED) is 0.379. The topological polar surface area (TPSA) is 55.8 Å². The van der Waals surface area contributed by atoms with Gasteiger partial charge < -0.3 is 14.4 Å². The number of alkyl halides is 3. The Morgan fingerprint density at radius 2 is 1.60 bits per heavy atom. The molecule has 1 fully saturated rings. The Bertz CT molecular complexity index is 1060. The number of carbonyl (C=O) groups excluding carboxylic acids is 2. The minimum Gasteiger partial charge on any atom is -0.457 e. The van der Waals surface area contributed by atoms with Crippen LogP contribution in [0.5, 0.6) is 0 Å². The van der Waals surface area contributed by atoms with E-state index in [1.54, 1.807) is 49.9 Å². The van der Waals surface area contributed by atoms with Gasteiger partial charge in [-0.2, -0.15) is 13.2 Å². The molecule has 3 rings (SSSR count). The summed E-state index contributed by atoms with van der Waals surface area (Å²) < 4.78 is 52.3. The van der Waals surface area contributed by atoms with Crippen molar-refractivity contribution < 1.29 is 32.2 Å². The SMILES string of the molecule is C[C@H](OC(=O)C1(c2ccccc2)CCN(C(=O)OC(C)(C)C)CC1)c1c(Br)cccc1C(F)(F)F. The fourth-order valence-corrected chi connectivity index (χ4v) is 4.98. The van der Waals surface area contributed by atoms with E-state index in [1.165, 1.54) is 19.1 Å². The highest BCUT2D eigenvalue weighted by molar-refractivity contribution is 9.10. The molecule has 2 aromatic carbocycles. The number of carbonyl (C=O) groups is 2. The average Bonchev–Trinajstić information content (AvgIpc) is 2.77. The molecule has 1 atom stereocenters. The summed E-state index contributed by atoms with van der Waals surface area (Å²) in [6, 6.07) is 12.8. The molecule has 2 aromatic rings. The Morgan fingerprint density at radius 1 is 1.00 bits per heavy atom. The van der Waals surface area contributed by atoms with Crippen molar-refractivity contribution >= 4 is 28.0 Å². The van der Waals surface area contributed by atoms with Gasteiger partial charge in [0.1, 0.15) is 11.7 Å². The lowest BCUT2D eigenvalue weighted by Gasteiger charge is -2.41. The van der Waals surface area contributed by atoms with Crippen molar-refractivity contribution in [3.63, 3.8) is 0 Å². The molecule has 1 aliphatic heterocycles. The molecule has 0 N–H and O–H groups in total. The van der Waals surface area contributed by atoms with E-state index in [-0.39, 0.29) is 36.0 Å². The van der Waals surface area contributed by atoms with Gasteiger partial charge in [0.25, 0.3) is 0 Å². The standard InChI is InChI=1S/C26H29BrF3NO4/c1-17(21-19(26(28,29)30)11-8-12-20(21)27)34-22(32)25(18-9-6-5-7-10-18)13-15-31(16-14-25)23(33)35-24(2,3)4/h5-12,17H,13-16H2,1-4H3/t17-/m0/s1. The number of likely N-dealkylation sites (tertiary alicyclic amines) is 1. The summed E-state index contributed by atoms with van der Waals surface area (Å²) in [6.07, 6.45) is -5.72. The van der Waals surface area contributed by atoms with Crippen LogP contribution in [0.15, 0.2) is 53.0 Å². The van der Waals surface area contributed by atoms with Crippen molar-refractivity contribution in [1.29, 1.82) is 0 Å². The van der Waals surface area contributed by atoms with Crippen molar-refractivity contribution in [3.05, 3.63) is 69.7 Å². The number of piperidine rings is 1. The van der Waals surface area contributed by atoms with Crippen LogP contribution in [0.2, 0.25) is 0 Å². The fourth-order valence-electron chi connectivity index (χ4n) is 4.29. The van der Waals surface area contributed by atoms with Gasteiger partial charge >= 0.3 is 18.2 Å². The van der Waals surface area contributed by atoms with Gasteiger partial charge in [-0.25, -0.2) is 4.79 Å². The van der Waals surface area contributed by atoms with Crippen LogP contribution in [0, 0.1) is 0 Å². The molecule has 0 aromatic heterocycles. The summed E-state index contributed by atoms with van der Waals surface area (Å²) >= 11 is 3.18. The average molecular weight is 556 g/mol. The van der Waals surface area contributed by atoms with Gasteiger partial charge in [0, 0.05) is 23.1 Å². The van der Waals surface area contributed by atoms with Crippen molar-refractivity contribution in [3.8, 4) is 0 Å². The minimum atomic E-state index is -4.60. The number of benzene rings is 2. The van der Waals surface area contributed by atoms with Gasteiger partial charge in [-0.15, -0.1) is 0 Å². The smallest absolute Gasteiger partial charge is 0.416 e. The molecule has 9 heteroatoms. The zero-order chi connectivity index (χ0) is 26.0. The minimum absolute atomic E-state index is 0.136. The second kappa shape index (κ2) is 10.2. The molecule has 5 nitrogen and oxygen atoms in total. The highest BCUT2D eigenvalue weighted by Crippen LogP contribution is 2.42. The predicted molar refractivity (Wildman–Crippen MR) is 129 cm³/mol. The predicted octanol–water partition coefficient (Wildman–Crippen LogP) is 7.04. The summed E-state index contributed by atoms with van der Waals surface area (Å²) in [4.78, 5) is 27.7. The second-order valence-electron chi connectivity index (χ2n) is 9.66. The largest absolute Gasteiger partial charge is 0.457 e. The van der Waals surface area contributed by atoms with Crippen LogP contribution in [0.25, 0.3) is 0 Å². The first-order valence-corrected chi connectivity index (χ1v) is 12.1. The number of amides is 1.